The normalized spacial score (nSPS) is 19.4. The van der Waals surface area contributed by atoms with Crippen molar-refractivity contribution in [3.05, 3.63) is 70.8 Å². The highest BCUT2D eigenvalue weighted by Gasteiger charge is 2.28. The zero-order valence-corrected chi connectivity index (χ0v) is 38.8. The average molecular weight is 884 g/mol. The highest BCUT2D eigenvalue weighted by molar-refractivity contribution is 5.96. The standard InChI is InChI=1S/C52H69N9O4/c1-62-47-31-42-45(56-43-16-5-3-4-14-40(43)49(42)55-37-18-25-61(26-19-37)38-12-9-20-53-33-38)32-48(47)65-28-11-24-60-23-10-13-39(60)34-54-50-41-15-8-17-44(41)57-46-30-36(52(63-2)58-51(46)50)35-64-29-27-59-21-6-7-22-59/h9,12,20,30-33,37,39H,3-8,10-11,13-19,21-29,34-35H2,1-2H3,(H,54,57)(H,55,56). The molecule has 346 valence electrons. The molecule has 4 aromatic heterocycles. The Morgan fingerprint density at radius 1 is 0.723 bits per heavy atom. The van der Waals surface area contributed by atoms with Crippen molar-refractivity contribution in [2.24, 2.45) is 0 Å². The molecule has 1 unspecified atom stereocenters. The maximum atomic E-state index is 6.58. The molecule has 5 aromatic rings. The first-order valence-corrected chi connectivity index (χ1v) is 24.9. The van der Waals surface area contributed by atoms with Gasteiger partial charge in [0.15, 0.2) is 11.5 Å². The summed E-state index contributed by atoms with van der Waals surface area (Å²) in [5.74, 6) is 2.17. The van der Waals surface area contributed by atoms with Crippen LogP contribution in [0.2, 0.25) is 0 Å². The van der Waals surface area contributed by atoms with E-state index >= 15 is 0 Å². The van der Waals surface area contributed by atoms with Crippen LogP contribution in [0.1, 0.15) is 98.7 Å². The van der Waals surface area contributed by atoms with Crippen LogP contribution in [-0.4, -0.2) is 122 Å². The molecular formula is C52H69N9O4. The fourth-order valence-corrected chi connectivity index (χ4v) is 11.2. The van der Waals surface area contributed by atoms with E-state index in [0.717, 1.165) is 135 Å². The van der Waals surface area contributed by atoms with E-state index in [0.29, 0.717) is 37.8 Å². The van der Waals surface area contributed by atoms with E-state index in [1.165, 1.54) is 91.9 Å². The second-order valence-electron chi connectivity index (χ2n) is 18.9. The molecule has 1 atom stereocenters. The van der Waals surface area contributed by atoms with Gasteiger partial charge in [-0.25, -0.2) is 4.98 Å². The predicted octanol–water partition coefficient (Wildman–Crippen LogP) is 8.39. The number of hydrogen-bond donors (Lipinski definition) is 2. The fraction of sp³-hybridized carbons (Fsp3) is 0.577. The van der Waals surface area contributed by atoms with Crippen molar-refractivity contribution in [3.63, 3.8) is 0 Å². The third-order valence-electron chi connectivity index (χ3n) is 14.7. The summed E-state index contributed by atoms with van der Waals surface area (Å²) in [6.45, 7) is 10.1. The van der Waals surface area contributed by atoms with Crippen LogP contribution in [0, 0.1) is 0 Å². The Morgan fingerprint density at radius 2 is 1.54 bits per heavy atom. The maximum Gasteiger partial charge on any atom is 0.219 e. The van der Waals surface area contributed by atoms with Crippen LogP contribution in [0.15, 0.2) is 42.7 Å². The quantitative estimate of drug-likeness (QED) is 0.0648. The number of ether oxygens (including phenoxy) is 4. The maximum absolute atomic E-state index is 6.58. The molecule has 1 aromatic carbocycles. The lowest BCUT2D eigenvalue weighted by atomic mass is 9.98. The van der Waals surface area contributed by atoms with Crippen LogP contribution in [0.5, 0.6) is 17.4 Å². The highest BCUT2D eigenvalue weighted by Crippen LogP contribution is 2.41. The lowest BCUT2D eigenvalue weighted by Gasteiger charge is -2.35. The van der Waals surface area contributed by atoms with Crippen molar-refractivity contribution in [2.45, 2.75) is 115 Å². The van der Waals surface area contributed by atoms with Gasteiger partial charge < -0.3 is 39.4 Å². The van der Waals surface area contributed by atoms with Crippen molar-refractivity contribution in [1.82, 2.24) is 29.7 Å². The molecule has 7 heterocycles. The molecule has 3 aliphatic heterocycles. The predicted molar refractivity (Wildman–Crippen MR) is 259 cm³/mol. The largest absolute Gasteiger partial charge is 0.493 e. The number of piperidine rings is 1. The third-order valence-corrected chi connectivity index (χ3v) is 14.7. The lowest BCUT2D eigenvalue weighted by Crippen LogP contribution is -2.39. The van der Waals surface area contributed by atoms with Crippen LogP contribution in [0.4, 0.5) is 17.1 Å². The van der Waals surface area contributed by atoms with Crippen LogP contribution >= 0.6 is 0 Å². The second-order valence-corrected chi connectivity index (χ2v) is 18.9. The Balaban J connectivity index is 0.783. The van der Waals surface area contributed by atoms with E-state index in [2.05, 4.69) is 54.6 Å². The number of aryl methyl sites for hydroxylation is 2. The van der Waals surface area contributed by atoms with Gasteiger partial charge in [0.25, 0.3) is 0 Å². The van der Waals surface area contributed by atoms with Crippen LogP contribution in [0.3, 0.4) is 0 Å². The van der Waals surface area contributed by atoms with Crippen LogP contribution < -0.4 is 29.7 Å². The van der Waals surface area contributed by atoms with E-state index < -0.39 is 0 Å². The van der Waals surface area contributed by atoms with Gasteiger partial charge in [-0.1, -0.05) is 6.42 Å². The first-order chi connectivity index (χ1) is 32.1. The minimum absolute atomic E-state index is 0.394. The molecule has 3 fully saturated rings. The molecule has 0 bridgehead atoms. The average Bonchev–Trinajstić information content (AvgIpc) is 4.11. The van der Waals surface area contributed by atoms with Crippen molar-refractivity contribution in [1.29, 1.82) is 0 Å². The zero-order valence-electron chi connectivity index (χ0n) is 38.8. The molecule has 3 saturated heterocycles. The molecule has 65 heavy (non-hydrogen) atoms. The minimum atomic E-state index is 0.394. The molecular weight excluding hydrogens is 815 g/mol. The van der Waals surface area contributed by atoms with Crippen LogP contribution in [-0.2, 0) is 37.0 Å². The smallest absolute Gasteiger partial charge is 0.219 e. The number of benzene rings is 1. The SMILES string of the molecule is COc1cc2c(NC3CCN(c4cccnc4)CC3)c3c(nc2cc1OCCCN1CCCC1CNc1c2c(nc4cc(COCCN5CCCC5)c(OC)nc14)CCC2)CCCCC3. The molecule has 0 spiro atoms. The third kappa shape index (κ3) is 9.93. The summed E-state index contributed by atoms with van der Waals surface area (Å²) in [5, 5.41) is 9.13. The number of nitrogens with one attached hydrogen (secondary N) is 2. The number of aromatic nitrogens is 4. The summed E-state index contributed by atoms with van der Waals surface area (Å²) in [4.78, 5) is 27.5. The summed E-state index contributed by atoms with van der Waals surface area (Å²) >= 11 is 0. The summed E-state index contributed by atoms with van der Waals surface area (Å²) in [6.07, 6.45) is 20.7. The zero-order chi connectivity index (χ0) is 44.0. The number of hydrogen-bond acceptors (Lipinski definition) is 13. The molecule has 2 N–H and O–H groups in total. The number of likely N-dealkylation sites (tertiary alicyclic amines) is 2. The first-order valence-electron chi connectivity index (χ1n) is 24.9. The van der Waals surface area contributed by atoms with Gasteiger partial charge in [-0.15, -0.1) is 0 Å². The Hall–Kier alpha value is -4.98. The lowest BCUT2D eigenvalue weighted by molar-refractivity contribution is 0.0975. The summed E-state index contributed by atoms with van der Waals surface area (Å²) in [6, 6.07) is 11.5. The van der Waals surface area contributed by atoms with E-state index in [-0.39, 0.29) is 0 Å². The molecule has 5 aliphatic rings. The van der Waals surface area contributed by atoms with Gasteiger partial charge in [-0.2, -0.15) is 0 Å². The van der Waals surface area contributed by atoms with E-state index in [4.69, 9.17) is 33.9 Å². The summed E-state index contributed by atoms with van der Waals surface area (Å²) < 4.78 is 24.6. The highest BCUT2D eigenvalue weighted by atomic mass is 16.5. The van der Waals surface area contributed by atoms with Gasteiger partial charge in [0.05, 0.1) is 62.6 Å². The van der Waals surface area contributed by atoms with E-state index in [1.54, 1.807) is 14.2 Å². The Bertz CT molecular complexity index is 2400. The monoisotopic (exact) mass is 884 g/mol. The molecule has 0 radical (unpaired) electrons. The second kappa shape index (κ2) is 20.7. The van der Waals surface area contributed by atoms with Crippen molar-refractivity contribution in [3.8, 4) is 17.4 Å². The van der Waals surface area contributed by atoms with E-state index in [1.807, 2.05) is 18.5 Å². The number of pyridine rings is 4. The Kier molecular flexibility index (Phi) is 14.0. The van der Waals surface area contributed by atoms with Gasteiger partial charge >= 0.3 is 0 Å². The van der Waals surface area contributed by atoms with Gasteiger partial charge in [0.2, 0.25) is 5.88 Å². The Labute approximate surface area is 385 Å². The van der Waals surface area contributed by atoms with E-state index in [9.17, 15) is 0 Å². The molecule has 2 aliphatic carbocycles. The first kappa shape index (κ1) is 43.9. The summed E-state index contributed by atoms with van der Waals surface area (Å²) in [5.41, 5.74) is 12.5. The number of anilines is 3. The molecule has 0 amide bonds. The fourth-order valence-electron chi connectivity index (χ4n) is 11.2. The van der Waals surface area contributed by atoms with Gasteiger partial charge in [0, 0.05) is 85.1 Å². The number of fused-ring (bicyclic) bond motifs is 4. The summed E-state index contributed by atoms with van der Waals surface area (Å²) in [7, 11) is 3.46. The molecule has 13 nitrogen and oxygen atoms in total. The van der Waals surface area contributed by atoms with Crippen LogP contribution in [0.25, 0.3) is 21.9 Å². The number of rotatable bonds is 18. The van der Waals surface area contributed by atoms with Crippen molar-refractivity contribution >= 4 is 39.0 Å². The molecule has 0 saturated carbocycles. The van der Waals surface area contributed by atoms with Gasteiger partial charge in [-0.05, 0) is 145 Å². The Morgan fingerprint density at radius 3 is 2.37 bits per heavy atom. The molecule has 13 heteroatoms. The minimum Gasteiger partial charge on any atom is -0.493 e. The number of methoxy groups -OCH3 is 2. The van der Waals surface area contributed by atoms with Gasteiger partial charge in [0.1, 0.15) is 5.52 Å². The molecule has 10 rings (SSSR count). The van der Waals surface area contributed by atoms with Gasteiger partial charge in [-0.3, -0.25) is 19.9 Å². The van der Waals surface area contributed by atoms with Crippen molar-refractivity contribution < 1.29 is 18.9 Å². The van der Waals surface area contributed by atoms with Crippen molar-refractivity contribution in [2.75, 3.05) is 95.3 Å². The topological polar surface area (TPSA) is 122 Å². The number of nitrogens with zero attached hydrogens (tertiary/aromatic N) is 7.